The van der Waals surface area contributed by atoms with E-state index in [0.29, 0.717) is 5.84 Å². The molecule has 3 heterocycles. The van der Waals surface area contributed by atoms with Gasteiger partial charge < -0.3 is 4.42 Å². The van der Waals surface area contributed by atoms with Gasteiger partial charge in [-0.1, -0.05) is 159 Å². The Morgan fingerprint density at radius 3 is 2.25 bits per heavy atom. The van der Waals surface area contributed by atoms with E-state index >= 15 is 0 Å². The SMILES string of the molecule is C[C@@H]1C/C=C(\c2cccc3c2sc2ccccc23)N=C(c2ccc(C3CCc4cc5ccccc5cc4-c4c#cccc43)c3oc4ccccc4c23)N=C1c1cccc2ccccc12. The average Bonchev–Trinajstić information content (AvgIpc) is 3.88. The highest BCUT2D eigenvalue weighted by Crippen LogP contribution is 2.46. The number of aliphatic imine (C=N–C) groups is 2. The van der Waals surface area contributed by atoms with Gasteiger partial charge in [-0.3, -0.25) is 0 Å². The predicted octanol–water partition coefficient (Wildman–Crippen LogP) is 15.9. The fraction of sp³-hybridized carbons (Fsp3) is 0.100. The van der Waals surface area contributed by atoms with Gasteiger partial charge in [0.05, 0.1) is 11.4 Å². The maximum absolute atomic E-state index is 7.08. The summed E-state index contributed by atoms with van der Waals surface area (Å²) in [6.45, 7) is 2.31. The first-order valence-electron chi connectivity index (χ1n) is 22.3. The second-order valence-corrected chi connectivity index (χ2v) is 18.4. The highest BCUT2D eigenvalue weighted by Gasteiger charge is 2.30. The van der Waals surface area contributed by atoms with Gasteiger partial charge in [0.25, 0.3) is 0 Å². The van der Waals surface area contributed by atoms with Crippen molar-refractivity contribution in [1.82, 2.24) is 0 Å². The number of hydrogen-bond donors (Lipinski definition) is 0. The van der Waals surface area contributed by atoms with Crippen molar-refractivity contribution in [3.8, 4) is 11.1 Å². The van der Waals surface area contributed by atoms with E-state index in [2.05, 4.69) is 189 Å². The molecule has 0 N–H and O–H groups in total. The third kappa shape index (κ3) is 5.89. The van der Waals surface area contributed by atoms with Gasteiger partial charge in [-0.2, -0.15) is 0 Å². The molecule has 1 unspecified atom stereocenters. The number of nitrogens with zero attached hydrogens (tertiary/aromatic N) is 2. The Morgan fingerprint density at radius 2 is 1.34 bits per heavy atom. The summed E-state index contributed by atoms with van der Waals surface area (Å²) < 4.78 is 9.60. The van der Waals surface area contributed by atoms with Gasteiger partial charge in [0.15, 0.2) is 5.84 Å². The molecule has 0 bridgehead atoms. The zero-order valence-electron chi connectivity index (χ0n) is 35.2. The van der Waals surface area contributed by atoms with Crippen molar-refractivity contribution in [2.75, 3.05) is 0 Å². The van der Waals surface area contributed by atoms with Crippen LogP contribution in [-0.4, -0.2) is 11.5 Å². The van der Waals surface area contributed by atoms with Crippen LogP contribution in [0.3, 0.4) is 0 Å². The van der Waals surface area contributed by atoms with E-state index < -0.39 is 0 Å². The summed E-state index contributed by atoms with van der Waals surface area (Å²) in [6.07, 6.45) is 5.00. The molecule has 1 aliphatic carbocycles. The molecule has 2 atom stereocenters. The third-order valence-corrected chi connectivity index (χ3v) is 14.9. The van der Waals surface area contributed by atoms with Crippen LogP contribution in [-0.2, 0) is 6.42 Å². The molecule has 64 heavy (non-hydrogen) atoms. The number of furan rings is 1. The molecular weight excluding hydrogens is 797 g/mol. The molecule has 4 heteroatoms. The number of rotatable bonds is 4. The van der Waals surface area contributed by atoms with Crippen molar-refractivity contribution in [3.05, 3.63) is 221 Å². The Labute approximate surface area is 375 Å². The Kier molecular flexibility index (Phi) is 8.54. The van der Waals surface area contributed by atoms with Crippen LogP contribution in [0.5, 0.6) is 0 Å². The first-order chi connectivity index (χ1) is 31.6. The van der Waals surface area contributed by atoms with Gasteiger partial charge in [-0.15, -0.1) is 11.3 Å². The number of hydrogen-bond acceptors (Lipinski definition) is 4. The van der Waals surface area contributed by atoms with Gasteiger partial charge in [-0.25, -0.2) is 9.98 Å². The predicted molar refractivity (Wildman–Crippen MR) is 269 cm³/mol. The monoisotopic (exact) mass is 836 g/mol. The van der Waals surface area contributed by atoms with E-state index in [4.69, 9.17) is 14.4 Å². The molecule has 11 aromatic rings. The van der Waals surface area contributed by atoms with Gasteiger partial charge in [0.1, 0.15) is 11.2 Å². The van der Waals surface area contributed by atoms with Gasteiger partial charge >= 0.3 is 0 Å². The van der Waals surface area contributed by atoms with Crippen LogP contribution in [0.1, 0.15) is 59.1 Å². The molecule has 3 nitrogen and oxygen atoms in total. The second kappa shape index (κ2) is 14.8. The lowest BCUT2D eigenvalue weighted by Gasteiger charge is -2.21. The molecule has 2 aliphatic rings. The average molecular weight is 837 g/mol. The Bertz CT molecular complexity index is 3800. The summed E-state index contributed by atoms with van der Waals surface area (Å²) >= 11 is 1.84. The molecule has 0 radical (unpaired) electrons. The minimum atomic E-state index is 0.0588. The first kappa shape index (κ1) is 37.0. The van der Waals surface area contributed by atoms with Crippen molar-refractivity contribution < 1.29 is 4.42 Å². The summed E-state index contributed by atoms with van der Waals surface area (Å²) in [5.74, 6) is 0.853. The molecule has 2 aromatic heterocycles. The topological polar surface area (TPSA) is 37.9 Å². The number of allylic oxidation sites excluding steroid dienone is 1. The number of amidine groups is 1. The summed E-state index contributed by atoms with van der Waals surface area (Å²) in [5.41, 5.74) is 13.1. The fourth-order valence-electron chi connectivity index (χ4n) is 10.6. The number of para-hydroxylation sites is 1. The van der Waals surface area contributed by atoms with E-state index in [-0.39, 0.29) is 11.8 Å². The van der Waals surface area contributed by atoms with Crippen molar-refractivity contribution in [2.45, 2.75) is 32.1 Å². The summed E-state index contributed by atoms with van der Waals surface area (Å²) in [5, 5.41) is 9.53. The van der Waals surface area contributed by atoms with Crippen molar-refractivity contribution >= 4 is 92.2 Å². The summed E-state index contributed by atoms with van der Waals surface area (Å²) in [4.78, 5) is 11.5. The molecule has 302 valence electrons. The Hall–Kier alpha value is -7.58. The number of aryl methyl sites for hydroxylation is 1. The van der Waals surface area contributed by atoms with Crippen LogP contribution >= 0.6 is 11.3 Å². The lowest BCUT2D eigenvalue weighted by Crippen LogP contribution is -2.17. The van der Waals surface area contributed by atoms with Gasteiger partial charge in [0.2, 0.25) is 0 Å². The first-order valence-corrected chi connectivity index (χ1v) is 23.1. The smallest absolute Gasteiger partial charge is 0.160 e. The number of fused-ring (bicyclic) bond motifs is 11. The molecule has 9 aromatic carbocycles. The van der Waals surface area contributed by atoms with Gasteiger partial charge in [0, 0.05) is 70.6 Å². The van der Waals surface area contributed by atoms with Crippen LogP contribution in [0.4, 0.5) is 0 Å². The lowest BCUT2D eigenvalue weighted by atomic mass is 9.84. The quantitative estimate of drug-likeness (QED) is 0.174. The van der Waals surface area contributed by atoms with Crippen LogP contribution in [0.15, 0.2) is 190 Å². The van der Waals surface area contributed by atoms with Crippen LogP contribution in [0.25, 0.3) is 80.5 Å². The third-order valence-electron chi connectivity index (χ3n) is 13.7. The molecule has 0 fully saturated rings. The minimum Gasteiger partial charge on any atom is -0.456 e. The van der Waals surface area contributed by atoms with Crippen LogP contribution in [0, 0.1) is 18.1 Å². The highest BCUT2D eigenvalue weighted by atomic mass is 32.1. The lowest BCUT2D eigenvalue weighted by molar-refractivity contribution is 0.647. The molecule has 0 spiro atoms. The van der Waals surface area contributed by atoms with Crippen molar-refractivity contribution in [2.24, 2.45) is 15.9 Å². The molecule has 0 saturated carbocycles. The van der Waals surface area contributed by atoms with E-state index in [9.17, 15) is 0 Å². The molecule has 1 aliphatic heterocycles. The van der Waals surface area contributed by atoms with Crippen LogP contribution in [0.2, 0.25) is 0 Å². The zero-order valence-corrected chi connectivity index (χ0v) is 36.0. The summed E-state index contributed by atoms with van der Waals surface area (Å²) in [6, 6.07) is 68.2. The normalized spacial score (nSPS) is 17.3. The number of thiophene rings is 1. The maximum Gasteiger partial charge on any atom is 0.160 e. The minimum absolute atomic E-state index is 0.0588. The van der Waals surface area contributed by atoms with E-state index in [1.165, 1.54) is 58.4 Å². The molecule has 13 rings (SSSR count). The van der Waals surface area contributed by atoms with Gasteiger partial charge in [-0.05, 0) is 93.9 Å². The number of benzene rings is 8. The largest absolute Gasteiger partial charge is 0.456 e. The van der Waals surface area contributed by atoms with E-state index in [1.54, 1.807) is 0 Å². The summed E-state index contributed by atoms with van der Waals surface area (Å²) in [7, 11) is 0. The maximum atomic E-state index is 7.08. The fourth-order valence-corrected chi connectivity index (χ4v) is 11.8. The standard InChI is InChI=1S/C60H40N2OS/c1-36-28-33-53(49-25-13-24-48-45-21-9-11-27-55(45)64-59(48)49)61-60(62-57(36)46-23-12-17-37-14-4-5-18-41(37)46)51-32-31-47(58-56(51)50-22-8-10-26-54(50)63-58)44-30-29-40-34-38-15-2-3-16-39(38)35-52(40)43-20-7-6-19-42(43)44/h2-6,8-19,21-27,31-36,44H,28-30H2,1H3/b53-33+,61-60?,62-57?/t36-,44?/m1/s1. The second-order valence-electron chi connectivity index (χ2n) is 17.4. The molecular formula is C60H40N2OS. The van der Waals surface area contributed by atoms with E-state index in [1.807, 2.05) is 17.4 Å². The Morgan fingerprint density at radius 1 is 0.609 bits per heavy atom. The molecule has 0 saturated heterocycles. The molecule has 0 amide bonds. The van der Waals surface area contributed by atoms with Crippen molar-refractivity contribution in [3.63, 3.8) is 0 Å². The van der Waals surface area contributed by atoms with Crippen molar-refractivity contribution in [1.29, 1.82) is 0 Å². The highest BCUT2D eigenvalue weighted by molar-refractivity contribution is 7.26. The Balaban J connectivity index is 1.05. The zero-order chi connectivity index (χ0) is 42.3. The van der Waals surface area contributed by atoms with E-state index in [0.717, 1.165) is 80.4 Å². The van der Waals surface area contributed by atoms with Crippen LogP contribution < -0.4 is 0 Å².